The summed E-state index contributed by atoms with van der Waals surface area (Å²) in [7, 11) is -13.4. The zero-order chi connectivity index (χ0) is 12.5. The smallest absolute Gasteiger partial charge is 0.400 e. The molecular weight excluding hydrogens is 257 g/mol. The molecule has 90 valence electrons. The van der Waals surface area contributed by atoms with Gasteiger partial charge in [0.15, 0.2) is 0 Å². The molecular formula is C2H9BO10P2. The number of hydrogen-bond donors (Lipinski definition) is 6. The first-order valence-electron chi connectivity index (χ1n) is 3.24. The lowest BCUT2D eigenvalue weighted by molar-refractivity contribution is -0.264. The molecule has 0 aliphatic carbocycles. The van der Waals surface area contributed by atoms with E-state index in [9.17, 15) is 9.13 Å². The lowest BCUT2D eigenvalue weighted by Gasteiger charge is -2.28. The average Bonchev–Trinajstić information content (AvgIpc) is 1.95. The predicted octanol–water partition coefficient (Wildman–Crippen LogP) is -2.07. The van der Waals surface area contributed by atoms with Crippen molar-refractivity contribution in [3.8, 4) is 0 Å². The van der Waals surface area contributed by atoms with Crippen LogP contribution in [-0.2, 0) is 18.8 Å². The fourth-order valence-electron chi connectivity index (χ4n) is 0.401. The van der Waals surface area contributed by atoms with Crippen LogP contribution in [0.5, 0.6) is 0 Å². The van der Waals surface area contributed by atoms with Crippen LogP contribution in [0.2, 0.25) is 0 Å². The third-order valence-electron chi connectivity index (χ3n) is 1.37. The minimum atomic E-state index is -5.40. The topological polar surface area (TPSA) is 174 Å². The summed E-state index contributed by atoms with van der Waals surface area (Å²) in [6.07, 6.45) is 0. The van der Waals surface area contributed by atoms with Gasteiger partial charge in [0, 0.05) is 0 Å². The Bertz CT molecular complexity index is 279. The van der Waals surface area contributed by atoms with E-state index in [0.717, 1.165) is 0 Å². The quantitative estimate of drug-likeness (QED) is 0.140. The normalized spacial score (nSPS) is 14.1. The van der Waals surface area contributed by atoms with Crippen molar-refractivity contribution in [2.45, 2.75) is 12.0 Å². The monoisotopic (exact) mass is 266 g/mol. The second kappa shape index (κ2) is 4.60. The molecule has 0 unspecified atom stereocenters. The van der Waals surface area contributed by atoms with E-state index in [-0.39, 0.29) is 0 Å². The van der Waals surface area contributed by atoms with Crippen LogP contribution in [-0.4, -0.2) is 42.0 Å². The molecule has 0 aromatic rings. The fourth-order valence-corrected chi connectivity index (χ4v) is 2.04. The van der Waals surface area contributed by atoms with Crippen molar-refractivity contribution in [3.05, 3.63) is 0 Å². The SMILES string of the molecule is CC(OOB(O)O)(P(=O)(O)O)P(=O)(O)O. The highest BCUT2D eigenvalue weighted by Crippen LogP contribution is 2.69. The average molecular weight is 266 g/mol. The van der Waals surface area contributed by atoms with Crippen molar-refractivity contribution in [3.63, 3.8) is 0 Å². The van der Waals surface area contributed by atoms with E-state index in [1.807, 2.05) is 0 Å². The molecule has 6 N–H and O–H groups in total. The van der Waals surface area contributed by atoms with Crippen LogP contribution in [0.3, 0.4) is 0 Å². The van der Waals surface area contributed by atoms with Gasteiger partial charge in [-0.05, 0) is 6.92 Å². The molecule has 0 saturated carbocycles. The Morgan fingerprint density at radius 2 is 1.40 bits per heavy atom. The van der Waals surface area contributed by atoms with Crippen molar-refractivity contribution in [2.75, 3.05) is 0 Å². The molecule has 0 atom stereocenters. The fraction of sp³-hybridized carbons (Fsp3) is 1.00. The summed E-state index contributed by atoms with van der Waals surface area (Å²) in [6, 6.07) is 0. The summed E-state index contributed by atoms with van der Waals surface area (Å²) in [5.74, 6) is 0. The summed E-state index contributed by atoms with van der Waals surface area (Å²) in [5, 5.41) is 13.0. The molecule has 0 heterocycles. The van der Waals surface area contributed by atoms with Gasteiger partial charge in [-0.3, -0.25) is 9.13 Å². The standard InChI is InChI=1S/C2H9BO10P2/c1-2(14(6,7)8,15(9,10)11)12-13-3(4)5/h4-5H,1H3,(H2,6,7,8)(H2,9,10,11). The molecule has 0 radical (unpaired) electrons. The minimum absolute atomic E-state index is 0.372. The molecule has 0 aliphatic heterocycles. The molecule has 0 rings (SSSR count). The van der Waals surface area contributed by atoms with E-state index in [2.05, 4.69) is 9.69 Å². The summed E-state index contributed by atoms with van der Waals surface area (Å²) in [6.45, 7) is 0.372. The Morgan fingerprint density at radius 1 is 1.07 bits per heavy atom. The zero-order valence-corrected chi connectivity index (χ0v) is 9.08. The van der Waals surface area contributed by atoms with Gasteiger partial charge in [0.1, 0.15) is 0 Å². The molecule has 0 saturated heterocycles. The maximum absolute atomic E-state index is 10.7. The van der Waals surface area contributed by atoms with Gasteiger partial charge in [-0.15, -0.1) is 0 Å². The molecule has 0 aromatic carbocycles. The van der Waals surface area contributed by atoms with Crippen LogP contribution in [0.25, 0.3) is 0 Å². The van der Waals surface area contributed by atoms with Gasteiger partial charge < -0.3 is 29.6 Å². The predicted molar refractivity (Wildman–Crippen MR) is 44.9 cm³/mol. The molecule has 0 bridgehead atoms. The highest BCUT2D eigenvalue weighted by molar-refractivity contribution is 7.72. The number of hydrogen-bond acceptors (Lipinski definition) is 6. The largest absolute Gasteiger partial charge is 0.662 e. The first kappa shape index (κ1) is 15.2. The Balaban J connectivity index is 5.08. The molecule has 15 heavy (non-hydrogen) atoms. The van der Waals surface area contributed by atoms with Gasteiger partial charge in [0.05, 0.1) is 0 Å². The van der Waals surface area contributed by atoms with Gasteiger partial charge in [-0.25, -0.2) is 9.69 Å². The summed E-state index contributed by atoms with van der Waals surface area (Å²) in [4.78, 5) is 41.7. The second-order valence-electron chi connectivity index (χ2n) is 2.53. The van der Waals surface area contributed by atoms with E-state index in [1.54, 1.807) is 0 Å². The van der Waals surface area contributed by atoms with Gasteiger partial charge >= 0.3 is 22.5 Å². The van der Waals surface area contributed by atoms with Gasteiger partial charge in [-0.1, -0.05) is 0 Å². The van der Waals surface area contributed by atoms with Crippen LogP contribution >= 0.6 is 15.2 Å². The Morgan fingerprint density at radius 3 is 1.60 bits per heavy atom. The van der Waals surface area contributed by atoms with Crippen LogP contribution < -0.4 is 0 Å². The Kier molecular flexibility index (Phi) is 4.66. The van der Waals surface area contributed by atoms with E-state index < -0.39 is 27.6 Å². The van der Waals surface area contributed by atoms with E-state index >= 15 is 0 Å². The molecule has 0 aromatic heterocycles. The lowest BCUT2D eigenvalue weighted by Crippen LogP contribution is -2.32. The van der Waals surface area contributed by atoms with Crippen LogP contribution in [0, 0.1) is 0 Å². The summed E-state index contributed by atoms with van der Waals surface area (Å²) in [5.41, 5.74) is 0. The first-order chi connectivity index (χ1) is 6.42. The molecule has 0 spiro atoms. The maximum Gasteiger partial charge on any atom is 0.662 e. The minimum Gasteiger partial charge on any atom is -0.400 e. The van der Waals surface area contributed by atoms with Gasteiger partial charge in [-0.2, -0.15) is 0 Å². The van der Waals surface area contributed by atoms with Crippen molar-refractivity contribution in [1.29, 1.82) is 0 Å². The van der Waals surface area contributed by atoms with E-state index in [4.69, 9.17) is 29.6 Å². The van der Waals surface area contributed by atoms with E-state index in [0.29, 0.717) is 6.92 Å². The molecule has 0 amide bonds. The first-order valence-corrected chi connectivity index (χ1v) is 6.46. The van der Waals surface area contributed by atoms with Crippen LogP contribution in [0.15, 0.2) is 0 Å². The van der Waals surface area contributed by atoms with Crippen molar-refractivity contribution in [1.82, 2.24) is 0 Å². The third kappa shape index (κ3) is 3.61. The number of rotatable bonds is 5. The maximum atomic E-state index is 10.7. The molecule has 0 fully saturated rings. The van der Waals surface area contributed by atoms with Crippen molar-refractivity contribution in [2.24, 2.45) is 0 Å². The highest BCUT2D eigenvalue weighted by Gasteiger charge is 2.60. The van der Waals surface area contributed by atoms with Gasteiger partial charge in [0.2, 0.25) is 0 Å². The zero-order valence-electron chi connectivity index (χ0n) is 7.29. The summed E-state index contributed by atoms with van der Waals surface area (Å²) < 4.78 is 21.5. The van der Waals surface area contributed by atoms with Gasteiger partial charge in [0.25, 0.3) is 5.08 Å². The lowest BCUT2D eigenvalue weighted by atomic mass is 10.3. The summed E-state index contributed by atoms with van der Waals surface area (Å²) >= 11 is 0. The molecule has 13 heteroatoms. The Labute approximate surface area is 83.9 Å². The van der Waals surface area contributed by atoms with Crippen molar-refractivity contribution < 1.29 is 48.4 Å². The van der Waals surface area contributed by atoms with Crippen LogP contribution in [0.4, 0.5) is 0 Å². The Hall–Kier alpha value is 0.205. The molecule has 10 nitrogen and oxygen atoms in total. The van der Waals surface area contributed by atoms with E-state index in [1.165, 1.54) is 0 Å². The van der Waals surface area contributed by atoms with Crippen molar-refractivity contribution >= 4 is 22.5 Å². The molecule has 0 aliphatic rings. The highest BCUT2D eigenvalue weighted by atomic mass is 31.2. The third-order valence-corrected chi connectivity index (χ3v) is 5.25. The second-order valence-corrected chi connectivity index (χ2v) is 6.76. The van der Waals surface area contributed by atoms with Crippen LogP contribution in [0.1, 0.15) is 6.92 Å².